The molecule has 0 radical (unpaired) electrons. The molecule has 0 bridgehead atoms. The second kappa shape index (κ2) is 4.33. The molecule has 14 heavy (non-hydrogen) atoms. The zero-order valence-electron chi connectivity index (χ0n) is 8.45. The largest absolute Gasteiger partial charge is 0.508 e. The number of aliphatic imine (C=N–C) groups is 1. The molecular formula is C10H13ClN2O. The number of aromatic hydroxyl groups is 1. The van der Waals surface area contributed by atoms with Crippen molar-refractivity contribution in [2.45, 2.75) is 6.92 Å². The highest BCUT2D eigenvalue weighted by molar-refractivity contribution is 6.33. The predicted molar refractivity (Wildman–Crippen MR) is 59.7 cm³/mol. The van der Waals surface area contributed by atoms with E-state index in [1.807, 2.05) is 19.0 Å². The van der Waals surface area contributed by atoms with Crippen molar-refractivity contribution in [1.29, 1.82) is 0 Å². The average Bonchev–Trinajstić information content (AvgIpc) is 2.09. The minimum atomic E-state index is 0.193. The van der Waals surface area contributed by atoms with Crippen LogP contribution < -0.4 is 0 Å². The maximum atomic E-state index is 9.36. The highest BCUT2D eigenvalue weighted by Gasteiger charge is 2.03. The Morgan fingerprint density at radius 1 is 1.43 bits per heavy atom. The van der Waals surface area contributed by atoms with E-state index < -0.39 is 0 Å². The van der Waals surface area contributed by atoms with Crippen molar-refractivity contribution in [3.05, 3.63) is 22.7 Å². The Balaban J connectivity index is 3.04. The lowest BCUT2D eigenvalue weighted by atomic mass is 10.2. The Morgan fingerprint density at radius 3 is 2.64 bits per heavy atom. The molecular weight excluding hydrogens is 200 g/mol. The molecule has 0 aliphatic rings. The lowest BCUT2D eigenvalue weighted by Crippen LogP contribution is -2.06. The standard InChI is InChI=1S/C10H13ClN2O/c1-7-4-9(12-6-13(2)3)8(11)5-10(7)14/h4-6,14H,1-3H3. The van der Waals surface area contributed by atoms with Gasteiger partial charge in [-0.1, -0.05) is 11.6 Å². The van der Waals surface area contributed by atoms with Crippen LogP contribution in [0.1, 0.15) is 5.56 Å². The van der Waals surface area contributed by atoms with Gasteiger partial charge < -0.3 is 10.0 Å². The summed E-state index contributed by atoms with van der Waals surface area (Å²) in [5.41, 5.74) is 1.43. The average molecular weight is 213 g/mol. The van der Waals surface area contributed by atoms with E-state index in [4.69, 9.17) is 11.6 Å². The summed E-state index contributed by atoms with van der Waals surface area (Å²) in [6.45, 7) is 1.81. The van der Waals surface area contributed by atoms with Crippen LogP contribution in [0.2, 0.25) is 5.02 Å². The smallest absolute Gasteiger partial charge is 0.120 e. The van der Waals surface area contributed by atoms with Crippen LogP contribution in [0.15, 0.2) is 17.1 Å². The fourth-order valence-electron chi connectivity index (χ4n) is 0.932. The molecule has 1 aromatic carbocycles. The molecule has 4 heteroatoms. The Kier molecular flexibility index (Phi) is 3.36. The molecule has 0 aliphatic heterocycles. The number of hydrogen-bond donors (Lipinski definition) is 1. The normalized spacial score (nSPS) is 10.9. The third-order valence-corrected chi connectivity index (χ3v) is 2.00. The molecule has 0 saturated heterocycles. The van der Waals surface area contributed by atoms with Crippen LogP contribution in [0.25, 0.3) is 0 Å². The number of benzene rings is 1. The lowest BCUT2D eigenvalue weighted by Gasteiger charge is -2.05. The van der Waals surface area contributed by atoms with Gasteiger partial charge in [-0.15, -0.1) is 0 Å². The quantitative estimate of drug-likeness (QED) is 0.604. The van der Waals surface area contributed by atoms with Gasteiger partial charge in [0, 0.05) is 20.2 Å². The van der Waals surface area contributed by atoms with Crippen LogP contribution in [-0.4, -0.2) is 30.4 Å². The van der Waals surface area contributed by atoms with E-state index in [9.17, 15) is 5.11 Å². The summed E-state index contributed by atoms with van der Waals surface area (Å²) in [4.78, 5) is 5.98. The second-order valence-electron chi connectivity index (χ2n) is 3.30. The van der Waals surface area contributed by atoms with E-state index in [-0.39, 0.29) is 5.75 Å². The third kappa shape index (κ3) is 2.64. The summed E-state index contributed by atoms with van der Waals surface area (Å²) in [5, 5.41) is 9.81. The van der Waals surface area contributed by atoms with Gasteiger partial charge >= 0.3 is 0 Å². The number of aryl methyl sites for hydroxylation is 1. The van der Waals surface area contributed by atoms with Crippen molar-refractivity contribution in [1.82, 2.24) is 4.90 Å². The highest BCUT2D eigenvalue weighted by atomic mass is 35.5. The Hall–Kier alpha value is -1.22. The monoisotopic (exact) mass is 212 g/mol. The summed E-state index contributed by atoms with van der Waals surface area (Å²) in [7, 11) is 3.76. The molecule has 1 aromatic rings. The van der Waals surface area contributed by atoms with E-state index >= 15 is 0 Å². The van der Waals surface area contributed by atoms with Gasteiger partial charge in [-0.05, 0) is 18.6 Å². The van der Waals surface area contributed by atoms with Gasteiger partial charge in [0.05, 0.1) is 17.0 Å². The number of phenols is 1. The molecule has 0 spiro atoms. The molecule has 1 N–H and O–H groups in total. The van der Waals surface area contributed by atoms with Gasteiger partial charge in [0.25, 0.3) is 0 Å². The fourth-order valence-corrected chi connectivity index (χ4v) is 1.14. The Bertz CT molecular complexity index is 361. The minimum absolute atomic E-state index is 0.193. The zero-order chi connectivity index (χ0) is 10.7. The van der Waals surface area contributed by atoms with E-state index in [1.54, 1.807) is 19.3 Å². The summed E-state index contributed by atoms with van der Waals surface area (Å²) in [6.07, 6.45) is 1.66. The summed E-state index contributed by atoms with van der Waals surface area (Å²) < 4.78 is 0. The van der Waals surface area contributed by atoms with Crippen molar-refractivity contribution in [3.8, 4) is 5.75 Å². The molecule has 1 rings (SSSR count). The number of hydrogen-bond acceptors (Lipinski definition) is 2. The first-order chi connectivity index (χ1) is 6.50. The molecule has 0 fully saturated rings. The van der Waals surface area contributed by atoms with Crippen LogP contribution >= 0.6 is 11.6 Å². The number of halogens is 1. The first-order valence-electron chi connectivity index (χ1n) is 4.20. The van der Waals surface area contributed by atoms with Crippen molar-refractivity contribution >= 4 is 23.6 Å². The van der Waals surface area contributed by atoms with Crippen LogP contribution in [0, 0.1) is 6.92 Å². The van der Waals surface area contributed by atoms with Gasteiger partial charge in [0.1, 0.15) is 5.75 Å². The predicted octanol–water partition coefficient (Wildman–Crippen LogP) is 2.58. The summed E-state index contributed by atoms with van der Waals surface area (Å²) in [6, 6.07) is 3.25. The molecule has 0 amide bonds. The molecule has 0 unspecified atom stereocenters. The molecule has 0 aromatic heterocycles. The van der Waals surface area contributed by atoms with Gasteiger partial charge in [-0.25, -0.2) is 4.99 Å². The van der Waals surface area contributed by atoms with Crippen molar-refractivity contribution in [2.24, 2.45) is 4.99 Å². The molecule has 0 atom stereocenters. The van der Waals surface area contributed by atoms with Gasteiger partial charge in [-0.3, -0.25) is 0 Å². The SMILES string of the molecule is Cc1cc(N=CN(C)C)c(Cl)cc1O. The van der Waals surface area contributed by atoms with Gasteiger partial charge in [0.15, 0.2) is 0 Å². The maximum absolute atomic E-state index is 9.36. The number of phenolic OH excluding ortho intramolecular Hbond substituents is 1. The van der Waals surface area contributed by atoms with Gasteiger partial charge in [0.2, 0.25) is 0 Å². The topological polar surface area (TPSA) is 35.8 Å². The Labute approximate surface area is 88.6 Å². The zero-order valence-corrected chi connectivity index (χ0v) is 9.21. The molecule has 0 saturated carbocycles. The van der Waals surface area contributed by atoms with Crippen molar-refractivity contribution < 1.29 is 5.11 Å². The van der Waals surface area contributed by atoms with Crippen molar-refractivity contribution in [2.75, 3.05) is 14.1 Å². The van der Waals surface area contributed by atoms with Crippen LogP contribution in [0.3, 0.4) is 0 Å². The number of nitrogens with zero attached hydrogens (tertiary/aromatic N) is 2. The first kappa shape index (κ1) is 10.9. The molecule has 0 heterocycles. The van der Waals surface area contributed by atoms with Crippen molar-refractivity contribution in [3.63, 3.8) is 0 Å². The molecule has 3 nitrogen and oxygen atoms in total. The maximum Gasteiger partial charge on any atom is 0.120 e. The van der Waals surface area contributed by atoms with Crippen LogP contribution in [-0.2, 0) is 0 Å². The van der Waals surface area contributed by atoms with Gasteiger partial charge in [-0.2, -0.15) is 0 Å². The van der Waals surface area contributed by atoms with E-state index in [2.05, 4.69) is 4.99 Å². The van der Waals surface area contributed by atoms with Crippen LogP contribution in [0.5, 0.6) is 5.75 Å². The highest BCUT2D eigenvalue weighted by Crippen LogP contribution is 2.31. The summed E-state index contributed by atoms with van der Waals surface area (Å²) >= 11 is 5.89. The molecule has 76 valence electrons. The van der Waals surface area contributed by atoms with Crippen LogP contribution in [0.4, 0.5) is 5.69 Å². The Morgan fingerprint density at radius 2 is 2.07 bits per heavy atom. The van der Waals surface area contributed by atoms with E-state index in [0.717, 1.165) is 5.56 Å². The molecule has 0 aliphatic carbocycles. The first-order valence-corrected chi connectivity index (χ1v) is 4.58. The fraction of sp³-hybridized carbons (Fsp3) is 0.300. The minimum Gasteiger partial charge on any atom is -0.508 e. The second-order valence-corrected chi connectivity index (χ2v) is 3.71. The lowest BCUT2D eigenvalue weighted by molar-refractivity contribution is 0.471. The summed E-state index contributed by atoms with van der Waals surface area (Å²) in [5.74, 6) is 0.193. The number of rotatable bonds is 2. The third-order valence-electron chi connectivity index (χ3n) is 1.69. The van der Waals surface area contributed by atoms with E-state index in [0.29, 0.717) is 10.7 Å². The van der Waals surface area contributed by atoms with E-state index in [1.165, 1.54) is 6.07 Å².